The first-order valence-electron chi connectivity index (χ1n) is 5.27. The summed E-state index contributed by atoms with van der Waals surface area (Å²) in [5.74, 6) is 2.23. The maximum Gasteiger partial charge on any atom is 0.223 e. The Morgan fingerprint density at radius 1 is 1.40 bits per heavy atom. The summed E-state index contributed by atoms with van der Waals surface area (Å²) in [6.45, 7) is 5.05. The highest BCUT2D eigenvalue weighted by Crippen LogP contribution is 2.20. The lowest BCUT2D eigenvalue weighted by Gasteiger charge is -2.05. The summed E-state index contributed by atoms with van der Waals surface area (Å²) in [5.41, 5.74) is 5.62. The van der Waals surface area contributed by atoms with E-state index in [1.807, 2.05) is 13.0 Å². The third-order valence-electron chi connectivity index (χ3n) is 1.83. The Morgan fingerprint density at radius 3 is 2.87 bits per heavy atom. The highest BCUT2D eigenvalue weighted by molar-refractivity contribution is 7.99. The van der Waals surface area contributed by atoms with Crippen LogP contribution < -0.4 is 11.1 Å². The molecule has 0 amide bonds. The molecule has 1 aromatic rings. The van der Waals surface area contributed by atoms with Crippen molar-refractivity contribution in [1.82, 2.24) is 9.97 Å². The summed E-state index contributed by atoms with van der Waals surface area (Å²) >= 11 is 1.73. The maximum atomic E-state index is 5.62. The van der Waals surface area contributed by atoms with Crippen molar-refractivity contribution >= 4 is 23.5 Å². The van der Waals surface area contributed by atoms with Crippen molar-refractivity contribution in [2.75, 3.05) is 23.3 Å². The van der Waals surface area contributed by atoms with Crippen molar-refractivity contribution in [1.29, 1.82) is 0 Å². The van der Waals surface area contributed by atoms with Crippen LogP contribution in [0.25, 0.3) is 0 Å². The summed E-state index contributed by atoms with van der Waals surface area (Å²) in [5, 5.41) is 4.09. The zero-order valence-electron chi connectivity index (χ0n) is 9.29. The van der Waals surface area contributed by atoms with E-state index in [9.17, 15) is 0 Å². The van der Waals surface area contributed by atoms with Gasteiger partial charge in [0, 0.05) is 12.6 Å². The van der Waals surface area contributed by atoms with E-state index < -0.39 is 0 Å². The average Bonchev–Trinajstić information content (AvgIpc) is 2.18. The van der Waals surface area contributed by atoms with Crippen LogP contribution in [-0.2, 0) is 0 Å². The van der Waals surface area contributed by atoms with Crippen LogP contribution >= 0.6 is 11.8 Å². The van der Waals surface area contributed by atoms with Crippen LogP contribution in [0.5, 0.6) is 0 Å². The van der Waals surface area contributed by atoms with Crippen molar-refractivity contribution in [3.05, 3.63) is 6.07 Å². The van der Waals surface area contributed by atoms with Crippen LogP contribution in [0.4, 0.5) is 11.8 Å². The molecule has 0 aromatic carbocycles. The van der Waals surface area contributed by atoms with Crippen molar-refractivity contribution in [2.45, 2.75) is 31.7 Å². The van der Waals surface area contributed by atoms with Crippen molar-refractivity contribution < 1.29 is 0 Å². The Hall–Kier alpha value is -0.970. The number of nitrogen functional groups attached to an aromatic ring is 1. The number of rotatable bonds is 6. The second-order valence-corrected chi connectivity index (χ2v) is 4.30. The molecule has 4 nitrogen and oxygen atoms in total. The molecule has 15 heavy (non-hydrogen) atoms. The zero-order valence-corrected chi connectivity index (χ0v) is 10.1. The number of thioether (sulfide) groups is 1. The summed E-state index contributed by atoms with van der Waals surface area (Å²) in [6, 6.07) is 1.94. The Morgan fingerprint density at radius 2 is 2.20 bits per heavy atom. The number of hydrogen-bond acceptors (Lipinski definition) is 5. The molecule has 0 aliphatic carbocycles. The van der Waals surface area contributed by atoms with Gasteiger partial charge in [-0.2, -0.15) is 4.98 Å². The number of unbranched alkanes of at least 4 members (excludes halogenated alkanes) is 1. The van der Waals surface area contributed by atoms with Crippen LogP contribution in [0.15, 0.2) is 11.1 Å². The monoisotopic (exact) mass is 226 g/mol. The quantitative estimate of drug-likeness (QED) is 0.443. The first-order valence-corrected chi connectivity index (χ1v) is 6.26. The van der Waals surface area contributed by atoms with Crippen molar-refractivity contribution in [3.63, 3.8) is 0 Å². The largest absolute Gasteiger partial charge is 0.370 e. The molecule has 1 heterocycles. The molecule has 0 bridgehead atoms. The highest BCUT2D eigenvalue weighted by Gasteiger charge is 2.01. The van der Waals surface area contributed by atoms with Crippen molar-refractivity contribution in [3.8, 4) is 0 Å². The Kier molecular flexibility index (Phi) is 5.25. The number of nitrogens with zero attached hydrogens (tertiary/aromatic N) is 2. The summed E-state index contributed by atoms with van der Waals surface area (Å²) in [6.07, 6.45) is 2.40. The molecule has 0 aliphatic heterocycles. The minimum Gasteiger partial charge on any atom is -0.370 e. The molecular formula is C10H18N4S. The molecule has 0 unspecified atom stereocenters. The van der Waals surface area contributed by atoms with E-state index in [4.69, 9.17) is 5.73 Å². The van der Waals surface area contributed by atoms with Gasteiger partial charge >= 0.3 is 0 Å². The first-order chi connectivity index (χ1) is 7.26. The third-order valence-corrected chi connectivity index (χ3v) is 2.82. The van der Waals surface area contributed by atoms with E-state index in [1.165, 1.54) is 12.8 Å². The molecule has 5 heteroatoms. The van der Waals surface area contributed by atoms with Gasteiger partial charge in [0.1, 0.15) is 10.8 Å². The fourth-order valence-electron chi connectivity index (χ4n) is 1.11. The lowest BCUT2D eigenvalue weighted by molar-refractivity contribution is 0.894. The van der Waals surface area contributed by atoms with Crippen molar-refractivity contribution in [2.24, 2.45) is 0 Å². The van der Waals surface area contributed by atoms with E-state index in [0.29, 0.717) is 5.95 Å². The van der Waals surface area contributed by atoms with E-state index in [0.717, 1.165) is 23.1 Å². The number of anilines is 2. The standard InChI is InChI=1S/C10H18N4S/c1-3-5-6-15-9-7-8(12-4-2)13-10(11)14-9/h7H,3-6H2,1-2H3,(H3,11,12,13,14). The molecule has 0 saturated heterocycles. The van der Waals surface area contributed by atoms with Crippen LogP contribution in [0.3, 0.4) is 0 Å². The molecule has 0 atom stereocenters. The Balaban J connectivity index is 2.62. The van der Waals surface area contributed by atoms with Crippen LogP contribution in [0, 0.1) is 0 Å². The van der Waals surface area contributed by atoms with E-state index in [1.54, 1.807) is 11.8 Å². The van der Waals surface area contributed by atoms with Crippen LogP contribution in [0.1, 0.15) is 26.7 Å². The van der Waals surface area contributed by atoms with Gasteiger partial charge in [-0.25, -0.2) is 4.98 Å². The first kappa shape index (κ1) is 12.1. The second kappa shape index (κ2) is 6.50. The number of nitrogens with two attached hydrogens (primary N) is 1. The fraction of sp³-hybridized carbons (Fsp3) is 0.600. The molecular weight excluding hydrogens is 208 g/mol. The van der Waals surface area contributed by atoms with E-state index >= 15 is 0 Å². The Bertz CT molecular complexity index is 303. The molecule has 0 aliphatic rings. The summed E-state index contributed by atoms with van der Waals surface area (Å²) < 4.78 is 0. The van der Waals surface area contributed by atoms with Crippen LogP contribution in [0.2, 0.25) is 0 Å². The van der Waals surface area contributed by atoms with Gasteiger partial charge in [0.15, 0.2) is 0 Å². The predicted octanol–water partition coefficient (Wildman–Crippen LogP) is 2.38. The van der Waals surface area contributed by atoms with E-state index in [-0.39, 0.29) is 0 Å². The molecule has 1 aromatic heterocycles. The third kappa shape index (κ3) is 4.38. The molecule has 1 rings (SSSR count). The summed E-state index contributed by atoms with van der Waals surface area (Å²) in [7, 11) is 0. The second-order valence-electron chi connectivity index (χ2n) is 3.18. The lowest BCUT2D eigenvalue weighted by atomic mass is 10.4. The summed E-state index contributed by atoms with van der Waals surface area (Å²) in [4.78, 5) is 8.27. The minimum absolute atomic E-state index is 0.340. The zero-order chi connectivity index (χ0) is 11.1. The Labute approximate surface area is 95.1 Å². The molecule has 0 saturated carbocycles. The minimum atomic E-state index is 0.340. The fourth-order valence-corrected chi connectivity index (χ4v) is 2.10. The van der Waals surface area contributed by atoms with Gasteiger partial charge in [-0.05, 0) is 19.1 Å². The van der Waals surface area contributed by atoms with Gasteiger partial charge in [0.25, 0.3) is 0 Å². The molecule has 84 valence electrons. The topological polar surface area (TPSA) is 63.8 Å². The number of hydrogen-bond donors (Lipinski definition) is 2. The highest BCUT2D eigenvalue weighted by atomic mass is 32.2. The van der Waals surface area contributed by atoms with Gasteiger partial charge in [-0.3, -0.25) is 0 Å². The van der Waals surface area contributed by atoms with Gasteiger partial charge in [-0.15, -0.1) is 11.8 Å². The molecule has 0 radical (unpaired) electrons. The number of aromatic nitrogens is 2. The smallest absolute Gasteiger partial charge is 0.223 e. The van der Waals surface area contributed by atoms with Gasteiger partial charge in [0.05, 0.1) is 0 Å². The van der Waals surface area contributed by atoms with Gasteiger partial charge in [-0.1, -0.05) is 13.3 Å². The van der Waals surface area contributed by atoms with E-state index in [2.05, 4.69) is 22.2 Å². The normalized spacial score (nSPS) is 10.3. The van der Waals surface area contributed by atoms with Gasteiger partial charge in [0.2, 0.25) is 5.95 Å². The molecule has 0 fully saturated rings. The van der Waals surface area contributed by atoms with Crippen LogP contribution in [-0.4, -0.2) is 22.3 Å². The van der Waals surface area contributed by atoms with Gasteiger partial charge < -0.3 is 11.1 Å². The molecule has 3 N–H and O–H groups in total. The predicted molar refractivity (Wildman–Crippen MR) is 66.2 cm³/mol. The number of nitrogens with one attached hydrogen (secondary N) is 1. The molecule has 0 spiro atoms. The SMILES string of the molecule is CCCCSc1cc(NCC)nc(N)n1. The lowest BCUT2D eigenvalue weighted by Crippen LogP contribution is -2.04. The maximum absolute atomic E-state index is 5.62. The average molecular weight is 226 g/mol.